The van der Waals surface area contributed by atoms with E-state index in [0.717, 1.165) is 18.6 Å². The molecule has 0 bridgehead atoms. The summed E-state index contributed by atoms with van der Waals surface area (Å²) in [7, 11) is 0. The van der Waals surface area contributed by atoms with Crippen molar-refractivity contribution in [2.45, 2.75) is 37.9 Å². The average Bonchev–Trinajstić information content (AvgIpc) is 2.28. The van der Waals surface area contributed by atoms with E-state index in [2.05, 4.69) is 19.2 Å². The summed E-state index contributed by atoms with van der Waals surface area (Å²) < 4.78 is 37.2. The van der Waals surface area contributed by atoms with Crippen LogP contribution in [-0.4, -0.2) is 11.4 Å². The van der Waals surface area contributed by atoms with Gasteiger partial charge in [0.05, 0.1) is 5.56 Å². The number of rotatable bonds is 2. The fourth-order valence-electron chi connectivity index (χ4n) is 2.07. The second-order valence-corrected chi connectivity index (χ2v) is 5.82. The summed E-state index contributed by atoms with van der Waals surface area (Å²) in [6.45, 7) is 4.10. The first-order valence-electron chi connectivity index (χ1n) is 5.79. The molecule has 0 amide bonds. The summed E-state index contributed by atoms with van der Waals surface area (Å²) >= 11 is 6.10. The Morgan fingerprint density at radius 2 is 1.78 bits per heavy atom. The molecule has 1 aromatic rings. The van der Waals surface area contributed by atoms with Crippen LogP contribution in [0.1, 0.15) is 25.8 Å². The van der Waals surface area contributed by atoms with Gasteiger partial charge in [-0.05, 0) is 30.7 Å². The van der Waals surface area contributed by atoms with Crippen molar-refractivity contribution in [3.63, 3.8) is 0 Å². The molecule has 1 fully saturated rings. The Morgan fingerprint density at radius 1 is 1.22 bits per heavy atom. The predicted molar refractivity (Wildman–Crippen MR) is 66.9 cm³/mol. The van der Waals surface area contributed by atoms with Crippen molar-refractivity contribution in [2.75, 3.05) is 5.32 Å². The fraction of sp³-hybridized carbons (Fsp3) is 0.538. The maximum absolute atomic E-state index is 12.4. The van der Waals surface area contributed by atoms with Gasteiger partial charge in [-0.25, -0.2) is 0 Å². The lowest BCUT2D eigenvalue weighted by Crippen LogP contribution is -2.54. The molecule has 0 aliphatic heterocycles. The van der Waals surface area contributed by atoms with Gasteiger partial charge >= 0.3 is 6.18 Å². The molecule has 0 saturated heterocycles. The number of halogens is 4. The maximum atomic E-state index is 12.4. The Bertz CT molecular complexity index is 425. The van der Waals surface area contributed by atoms with Crippen molar-refractivity contribution in [1.29, 1.82) is 0 Å². The molecule has 1 aliphatic carbocycles. The minimum absolute atomic E-state index is 0.0374. The summed E-state index contributed by atoms with van der Waals surface area (Å²) in [5, 5.41) is 3.34. The molecule has 1 aromatic carbocycles. The van der Waals surface area contributed by atoms with Gasteiger partial charge in [-0.1, -0.05) is 13.8 Å². The molecule has 100 valence electrons. The van der Waals surface area contributed by atoms with Gasteiger partial charge in [0.1, 0.15) is 0 Å². The first-order valence-corrected chi connectivity index (χ1v) is 6.23. The number of alkyl halides is 4. The zero-order valence-corrected chi connectivity index (χ0v) is 10.9. The van der Waals surface area contributed by atoms with Crippen LogP contribution in [0.3, 0.4) is 0 Å². The minimum atomic E-state index is -4.28. The predicted octanol–water partition coefficient (Wildman–Crippen LogP) is 4.52. The monoisotopic (exact) mass is 277 g/mol. The van der Waals surface area contributed by atoms with Crippen LogP contribution in [0.25, 0.3) is 0 Å². The van der Waals surface area contributed by atoms with Crippen molar-refractivity contribution < 1.29 is 13.2 Å². The molecule has 1 nitrogen and oxygen atoms in total. The van der Waals surface area contributed by atoms with Crippen molar-refractivity contribution in [3.8, 4) is 0 Å². The molecule has 1 aliphatic rings. The van der Waals surface area contributed by atoms with Crippen LogP contribution in [0.4, 0.5) is 18.9 Å². The number of hydrogen-bond donors (Lipinski definition) is 1. The van der Waals surface area contributed by atoms with Crippen LogP contribution in [0, 0.1) is 5.41 Å². The van der Waals surface area contributed by atoms with Crippen molar-refractivity contribution in [1.82, 2.24) is 0 Å². The lowest BCUT2D eigenvalue weighted by Gasteiger charge is -2.49. The fourth-order valence-corrected chi connectivity index (χ4v) is 2.40. The van der Waals surface area contributed by atoms with E-state index in [4.69, 9.17) is 11.6 Å². The molecule has 18 heavy (non-hydrogen) atoms. The molecule has 1 N–H and O–H groups in total. The van der Waals surface area contributed by atoms with Crippen LogP contribution in [0.15, 0.2) is 24.3 Å². The van der Waals surface area contributed by atoms with E-state index < -0.39 is 11.7 Å². The van der Waals surface area contributed by atoms with Crippen molar-refractivity contribution in [3.05, 3.63) is 29.8 Å². The minimum Gasteiger partial charge on any atom is -0.382 e. The van der Waals surface area contributed by atoms with Gasteiger partial charge in [-0.3, -0.25) is 0 Å². The first-order chi connectivity index (χ1) is 8.21. The van der Waals surface area contributed by atoms with Gasteiger partial charge in [-0.15, -0.1) is 11.6 Å². The number of hydrogen-bond acceptors (Lipinski definition) is 1. The van der Waals surface area contributed by atoms with Gasteiger partial charge in [0, 0.05) is 22.5 Å². The third kappa shape index (κ3) is 2.44. The van der Waals surface area contributed by atoms with Gasteiger partial charge in [0.2, 0.25) is 0 Å². The smallest absolute Gasteiger partial charge is 0.382 e. The Labute approximate surface area is 109 Å². The summed E-state index contributed by atoms with van der Waals surface area (Å²) in [5.74, 6) is 0. The summed E-state index contributed by atoms with van der Waals surface area (Å²) in [5.41, 5.74) is 0.0327. The molecule has 2 rings (SSSR count). The Hall–Kier alpha value is -0.900. The second kappa shape index (κ2) is 4.34. The summed E-state index contributed by atoms with van der Waals surface area (Å²) in [6, 6.07) is 5.30. The quantitative estimate of drug-likeness (QED) is 0.784. The van der Waals surface area contributed by atoms with Gasteiger partial charge < -0.3 is 5.32 Å². The number of benzene rings is 1. The summed E-state index contributed by atoms with van der Waals surface area (Å²) in [6.07, 6.45) is -3.45. The van der Waals surface area contributed by atoms with E-state index in [1.54, 1.807) is 0 Å². The molecular weight excluding hydrogens is 263 g/mol. The van der Waals surface area contributed by atoms with Crippen LogP contribution >= 0.6 is 11.6 Å². The standard InChI is InChI=1S/C13H15ClF3N/c1-12(2)10(14)7-11(12)18-9-5-3-8(4-6-9)13(15,16)17/h3-6,10-11,18H,7H2,1-2H3. The van der Waals surface area contributed by atoms with E-state index in [1.165, 1.54) is 12.1 Å². The van der Waals surface area contributed by atoms with E-state index in [-0.39, 0.29) is 16.8 Å². The number of nitrogens with one attached hydrogen (secondary N) is 1. The highest BCUT2D eigenvalue weighted by molar-refractivity contribution is 6.21. The Kier molecular flexibility index (Phi) is 3.26. The molecule has 2 unspecified atom stereocenters. The number of anilines is 1. The second-order valence-electron chi connectivity index (χ2n) is 5.30. The Morgan fingerprint density at radius 3 is 2.17 bits per heavy atom. The zero-order chi connectivity index (χ0) is 13.6. The van der Waals surface area contributed by atoms with Crippen molar-refractivity contribution >= 4 is 17.3 Å². The highest BCUT2D eigenvalue weighted by Crippen LogP contribution is 2.45. The molecule has 0 heterocycles. The topological polar surface area (TPSA) is 12.0 Å². The third-order valence-corrected chi connectivity index (χ3v) is 4.44. The summed E-state index contributed by atoms with van der Waals surface area (Å²) in [4.78, 5) is 0. The Balaban J connectivity index is 2.04. The molecule has 5 heteroatoms. The van der Waals surface area contributed by atoms with Crippen LogP contribution in [-0.2, 0) is 6.18 Å². The molecular formula is C13H15ClF3N. The zero-order valence-electron chi connectivity index (χ0n) is 10.2. The van der Waals surface area contributed by atoms with E-state index >= 15 is 0 Å². The molecule has 0 aromatic heterocycles. The van der Waals surface area contributed by atoms with Crippen LogP contribution in [0.2, 0.25) is 0 Å². The molecule has 2 atom stereocenters. The average molecular weight is 278 g/mol. The molecule has 0 spiro atoms. The van der Waals surface area contributed by atoms with E-state index in [0.29, 0.717) is 5.69 Å². The van der Waals surface area contributed by atoms with Crippen LogP contribution in [0.5, 0.6) is 0 Å². The normalized spacial score (nSPS) is 26.6. The highest BCUT2D eigenvalue weighted by atomic mass is 35.5. The first kappa shape index (κ1) is 13.5. The van der Waals surface area contributed by atoms with Gasteiger partial charge in [0.15, 0.2) is 0 Å². The molecule has 1 saturated carbocycles. The third-order valence-electron chi connectivity index (χ3n) is 3.70. The van der Waals surface area contributed by atoms with E-state index in [9.17, 15) is 13.2 Å². The molecule has 0 radical (unpaired) electrons. The maximum Gasteiger partial charge on any atom is 0.416 e. The van der Waals surface area contributed by atoms with Crippen LogP contribution < -0.4 is 5.32 Å². The van der Waals surface area contributed by atoms with Gasteiger partial charge in [0.25, 0.3) is 0 Å². The SMILES string of the molecule is CC1(C)C(Cl)CC1Nc1ccc(C(F)(F)F)cc1. The largest absolute Gasteiger partial charge is 0.416 e. The van der Waals surface area contributed by atoms with Crippen molar-refractivity contribution in [2.24, 2.45) is 5.41 Å². The lowest BCUT2D eigenvalue weighted by molar-refractivity contribution is -0.137. The van der Waals surface area contributed by atoms with Gasteiger partial charge in [-0.2, -0.15) is 13.2 Å². The highest BCUT2D eigenvalue weighted by Gasteiger charge is 2.47. The lowest BCUT2D eigenvalue weighted by atomic mass is 9.66. The van der Waals surface area contributed by atoms with E-state index in [1.807, 2.05) is 0 Å².